The van der Waals surface area contributed by atoms with Gasteiger partial charge in [-0.05, 0) is 80.1 Å². The minimum atomic E-state index is -4.76. The second-order valence-corrected chi connectivity index (χ2v) is 13.9. The van der Waals surface area contributed by atoms with Crippen LogP contribution in [-0.2, 0) is 16.0 Å². The maximum Gasteiger partial charge on any atom is 0.417 e. The maximum absolute atomic E-state index is 14.1. The number of hydrogen-bond donors (Lipinski definition) is 3. The predicted octanol–water partition coefficient (Wildman–Crippen LogP) is 7.47. The summed E-state index contributed by atoms with van der Waals surface area (Å²) in [7, 11) is -3.62. The van der Waals surface area contributed by atoms with E-state index < -0.39 is 21.6 Å². The lowest BCUT2D eigenvalue weighted by molar-refractivity contribution is -0.137. The molecule has 1 aromatic heterocycles. The van der Waals surface area contributed by atoms with Gasteiger partial charge in [0.15, 0.2) is 9.84 Å². The van der Waals surface area contributed by atoms with E-state index in [4.69, 9.17) is 17.1 Å². The summed E-state index contributed by atoms with van der Waals surface area (Å²) in [6.45, 7) is 9.32. The van der Waals surface area contributed by atoms with Crippen LogP contribution in [0.1, 0.15) is 45.6 Å². The summed E-state index contributed by atoms with van der Waals surface area (Å²) >= 11 is 6.33. The number of piperidine rings is 1. The molecule has 0 amide bonds. The third kappa shape index (κ3) is 8.04. The number of alkyl halides is 3. The average molecular weight is 612 g/mol. The molecule has 0 radical (unpaired) electrons. The van der Waals surface area contributed by atoms with E-state index in [1.54, 1.807) is 0 Å². The molecular formula is C27H33ClF3N7O2S. The molecule has 2 aromatic carbocycles. The fourth-order valence-corrected chi connectivity index (χ4v) is 6.82. The van der Waals surface area contributed by atoms with Crippen LogP contribution in [0.25, 0.3) is 11.1 Å². The molecule has 14 heteroatoms. The first kappa shape index (κ1) is 30.9. The first-order valence-electron chi connectivity index (χ1n) is 13.2. The lowest BCUT2D eigenvalue weighted by Gasteiger charge is -2.33. The number of benzene rings is 2. The van der Waals surface area contributed by atoms with E-state index in [0.717, 1.165) is 45.0 Å². The predicted molar refractivity (Wildman–Crippen MR) is 152 cm³/mol. The highest BCUT2D eigenvalue weighted by Crippen LogP contribution is 2.43. The third-order valence-electron chi connectivity index (χ3n) is 7.07. The summed E-state index contributed by atoms with van der Waals surface area (Å²) in [5, 5.41) is 11.6. The molecule has 1 aliphatic heterocycles. The standard InChI is InChI=1S/C27H33ClF3N7O2S/c1-26(2,3)10-13-38-11-8-17(9-12-38)16-41(39,40)20-6-4-18(5-7-20)23-21(27(29,30)31)14-19(15-22(23)28)33-24-34-25(35-32)37-36-24/h4-7,14-15,17,32H,8-13,16H2,1-3H3,(H2,33,34,36,37). The van der Waals surface area contributed by atoms with Gasteiger partial charge >= 0.3 is 6.18 Å². The number of likely N-dealkylation sites (tertiary alicyclic amines) is 1. The van der Waals surface area contributed by atoms with Crippen molar-refractivity contribution in [3.8, 4) is 11.1 Å². The SMILES string of the molecule is CC(C)(C)CCN1CCC(CS(=O)(=O)c2ccc(-c3c(Cl)cc(Nc4n[nH]c(N=N)n4)cc3C(F)(F)F)cc2)CC1. The summed E-state index contributed by atoms with van der Waals surface area (Å²) in [6.07, 6.45) is -2.10. The van der Waals surface area contributed by atoms with Crippen molar-refractivity contribution in [3.63, 3.8) is 0 Å². The molecule has 3 N–H and O–H groups in total. The second kappa shape index (κ2) is 12.1. The van der Waals surface area contributed by atoms with Crippen molar-refractivity contribution >= 4 is 39.0 Å². The largest absolute Gasteiger partial charge is 0.417 e. The van der Waals surface area contributed by atoms with Crippen LogP contribution in [0.3, 0.4) is 0 Å². The molecular weight excluding hydrogens is 579 g/mol. The molecule has 0 spiro atoms. The van der Waals surface area contributed by atoms with Crippen molar-refractivity contribution in [3.05, 3.63) is 47.0 Å². The first-order chi connectivity index (χ1) is 19.1. The molecule has 1 aliphatic rings. The Morgan fingerprint density at radius 3 is 2.37 bits per heavy atom. The molecule has 9 nitrogen and oxygen atoms in total. The summed E-state index contributed by atoms with van der Waals surface area (Å²) in [4.78, 5) is 6.25. The first-order valence-corrected chi connectivity index (χ1v) is 15.2. The number of rotatable bonds is 9. The number of nitrogens with one attached hydrogen (secondary N) is 3. The van der Waals surface area contributed by atoms with Gasteiger partial charge in [0.1, 0.15) is 0 Å². The van der Waals surface area contributed by atoms with Crippen LogP contribution in [-0.4, -0.2) is 53.9 Å². The van der Waals surface area contributed by atoms with Gasteiger partial charge in [0.05, 0.1) is 21.2 Å². The Morgan fingerprint density at radius 2 is 1.80 bits per heavy atom. The number of hydrogen-bond acceptors (Lipinski definition) is 8. The van der Waals surface area contributed by atoms with Gasteiger partial charge in [-0.3, -0.25) is 0 Å². The van der Waals surface area contributed by atoms with Crippen molar-refractivity contribution in [2.75, 3.05) is 30.7 Å². The van der Waals surface area contributed by atoms with E-state index in [-0.39, 0.29) is 55.7 Å². The molecule has 0 saturated carbocycles. The minimum absolute atomic E-state index is 0.00478. The van der Waals surface area contributed by atoms with Gasteiger partial charge in [0.2, 0.25) is 5.95 Å². The number of aromatic amines is 1. The Bertz CT molecular complexity index is 1480. The van der Waals surface area contributed by atoms with Crippen molar-refractivity contribution in [2.24, 2.45) is 16.4 Å². The van der Waals surface area contributed by atoms with E-state index in [9.17, 15) is 21.6 Å². The maximum atomic E-state index is 14.1. The van der Waals surface area contributed by atoms with Crippen LogP contribution in [0.4, 0.5) is 30.8 Å². The molecule has 0 aliphatic carbocycles. The highest BCUT2D eigenvalue weighted by Gasteiger charge is 2.36. The fraction of sp³-hybridized carbons (Fsp3) is 0.481. The van der Waals surface area contributed by atoms with Gasteiger partial charge < -0.3 is 10.2 Å². The molecule has 4 rings (SSSR count). The Kier molecular flexibility index (Phi) is 9.10. The topological polar surface area (TPSA) is 127 Å². The number of aromatic nitrogens is 3. The quantitative estimate of drug-likeness (QED) is 0.215. The van der Waals surface area contributed by atoms with Crippen molar-refractivity contribution in [2.45, 2.75) is 51.1 Å². The Hall–Kier alpha value is -3.03. The van der Waals surface area contributed by atoms with E-state index in [1.165, 1.54) is 30.3 Å². The summed E-state index contributed by atoms with van der Waals surface area (Å²) in [5.41, 5.74) is 6.00. The number of sulfone groups is 1. The van der Waals surface area contributed by atoms with Crippen molar-refractivity contribution < 1.29 is 21.6 Å². The monoisotopic (exact) mass is 611 g/mol. The molecule has 0 atom stereocenters. The van der Waals surface area contributed by atoms with Crippen LogP contribution in [0.15, 0.2) is 46.4 Å². The smallest absolute Gasteiger partial charge is 0.323 e. The zero-order chi connectivity index (χ0) is 30.0. The van der Waals surface area contributed by atoms with Gasteiger partial charge in [-0.25, -0.2) is 19.0 Å². The van der Waals surface area contributed by atoms with E-state index >= 15 is 0 Å². The number of H-pyrrole nitrogens is 1. The lowest BCUT2D eigenvalue weighted by atomic mass is 9.91. The minimum Gasteiger partial charge on any atom is -0.323 e. The molecule has 0 unspecified atom stereocenters. The normalized spacial score (nSPS) is 15.7. The zero-order valence-corrected chi connectivity index (χ0v) is 24.6. The highest BCUT2D eigenvalue weighted by atomic mass is 35.5. The molecule has 41 heavy (non-hydrogen) atoms. The number of halogens is 4. The highest BCUT2D eigenvalue weighted by molar-refractivity contribution is 7.91. The average Bonchev–Trinajstić information content (AvgIpc) is 3.34. The van der Waals surface area contributed by atoms with Gasteiger partial charge in [0.25, 0.3) is 5.95 Å². The van der Waals surface area contributed by atoms with Crippen molar-refractivity contribution in [1.82, 2.24) is 20.1 Å². The van der Waals surface area contributed by atoms with Crippen molar-refractivity contribution in [1.29, 1.82) is 5.53 Å². The van der Waals surface area contributed by atoms with E-state index in [0.29, 0.717) is 0 Å². The third-order valence-corrected chi connectivity index (χ3v) is 9.27. The molecule has 2 heterocycles. The van der Waals surface area contributed by atoms with Gasteiger partial charge in [0, 0.05) is 11.3 Å². The Labute approximate surface area is 242 Å². The van der Waals surface area contributed by atoms with Crippen LogP contribution in [0.5, 0.6) is 0 Å². The van der Waals surface area contributed by atoms with Gasteiger partial charge in [-0.15, -0.1) is 10.2 Å². The second-order valence-electron chi connectivity index (χ2n) is 11.5. The number of anilines is 2. The molecule has 3 aromatic rings. The Balaban J connectivity index is 1.49. The van der Waals surface area contributed by atoms with Gasteiger partial charge in [-0.2, -0.15) is 18.2 Å². The van der Waals surface area contributed by atoms with Crippen LogP contribution in [0, 0.1) is 16.9 Å². The van der Waals surface area contributed by atoms with Crippen LogP contribution in [0.2, 0.25) is 5.02 Å². The van der Waals surface area contributed by atoms with Crippen LogP contribution < -0.4 is 5.32 Å². The van der Waals surface area contributed by atoms with Crippen LogP contribution >= 0.6 is 11.6 Å². The Morgan fingerprint density at radius 1 is 1.15 bits per heavy atom. The summed E-state index contributed by atoms with van der Waals surface area (Å²) in [5.74, 6) is -0.169. The van der Waals surface area contributed by atoms with E-state index in [2.05, 4.69) is 51.3 Å². The summed E-state index contributed by atoms with van der Waals surface area (Å²) in [6, 6.07) is 7.54. The van der Waals surface area contributed by atoms with Gasteiger partial charge in [-0.1, -0.05) is 44.5 Å². The van der Waals surface area contributed by atoms with E-state index in [1.807, 2.05) is 0 Å². The molecule has 1 fully saturated rings. The summed E-state index contributed by atoms with van der Waals surface area (Å²) < 4.78 is 68.6. The molecule has 1 saturated heterocycles. The molecule has 222 valence electrons. The molecule has 0 bridgehead atoms. The lowest BCUT2D eigenvalue weighted by Crippen LogP contribution is -2.37. The zero-order valence-electron chi connectivity index (χ0n) is 23.0. The number of nitrogens with zero attached hydrogens (tertiary/aromatic N) is 4. The fourth-order valence-electron chi connectivity index (χ4n) is 4.79.